The molecule has 4 nitrogen and oxygen atoms in total. The van der Waals surface area contributed by atoms with Crippen molar-refractivity contribution in [2.24, 2.45) is 0 Å². The third-order valence-corrected chi connectivity index (χ3v) is 4.73. The number of ether oxygens (including phenoxy) is 2. The monoisotopic (exact) mass is 413 g/mol. The van der Waals surface area contributed by atoms with E-state index in [-0.39, 0.29) is 34.2 Å². The number of hydrogen-bond acceptors (Lipinski definition) is 4. The van der Waals surface area contributed by atoms with E-state index in [1.807, 2.05) is 30.3 Å². The van der Waals surface area contributed by atoms with E-state index in [0.717, 1.165) is 5.56 Å². The normalized spacial score (nSPS) is 10.5. The molecule has 0 heterocycles. The molecule has 0 atom stereocenters. The Labute approximate surface area is 174 Å². The number of carbonyl (C=O) groups is 1. The predicted octanol–water partition coefficient (Wildman–Crippen LogP) is 5.65. The van der Waals surface area contributed by atoms with Crippen LogP contribution in [0, 0.1) is 12.7 Å². The van der Waals surface area contributed by atoms with Crippen LogP contribution in [0.5, 0.6) is 11.5 Å². The van der Waals surface area contributed by atoms with Gasteiger partial charge in [-0.2, -0.15) is 0 Å². The lowest BCUT2D eigenvalue weighted by Crippen LogP contribution is -2.18. The molecule has 3 aromatic rings. The Morgan fingerprint density at radius 1 is 1.03 bits per heavy atom. The maximum Gasteiger partial charge on any atom is 0.347 e. The molecule has 3 aromatic carbocycles. The first kappa shape index (κ1) is 20.7. The van der Waals surface area contributed by atoms with Gasteiger partial charge in [0.05, 0.1) is 5.69 Å². The highest BCUT2D eigenvalue weighted by atomic mass is 35.5. The van der Waals surface area contributed by atoms with E-state index in [1.54, 1.807) is 49.3 Å². The van der Waals surface area contributed by atoms with Crippen LogP contribution < -0.4 is 14.4 Å². The number of benzene rings is 3. The standard InChI is InChI=1S/C23H21ClFNO3/c1-15-18(23(27)29-17-12-8-5-9-13-17)22(19(24)21(20(15)25)26(2)3)28-14-16-10-6-4-7-11-16/h4-13H,14H2,1-3H3. The van der Waals surface area contributed by atoms with Crippen LogP contribution in [0.3, 0.4) is 0 Å². The summed E-state index contributed by atoms with van der Waals surface area (Å²) >= 11 is 6.49. The Kier molecular flexibility index (Phi) is 6.39. The van der Waals surface area contributed by atoms with E-state index >= 15 is 4.39 Å². The third kappa shape index (κ3) is 4.51. The number of hydrogen-bond donors (Lipinski definition) is 0. The predicted molar refractivity (Wildman–Crippen MR) is 113 cm³/mol. The zero-order valence-electron chi connectivity index (χ0n) is 16.4. The number of nitrogens with zero attached hydrogens (tertiary/aromatic N) is 1. The van der Waals surface area contributed by atoms with Crippen molar-refractivity contribution in [1.82, 2.24) is 0 Å². The van der Waals surface area contributed by atoms with Crippen LogP contribution in [0.1, 0.15) is 21.5 Å². The first-order chi connectivity index (χ1) is 13.9. The topological polar surface area (TPSA) is 38.8 Å². The van der Waals surface area contributed by atoms with Gasteiger partial charge in [0, 0.05) is 19.7 Å². The minimum Gasteiger partial charge on any atom is -0.486 e. The summed E-state index contributed by atoms with van der Waals surface area (Å²) < 4.78 is 26.4. The highest BCUT2D eigenvalue weighted by Crippen LogP contribution is 2.42. The zero-order chi connectivity index (χ0) is 21.0. The number of carbonyl (C=O) groups excluding carboxylic acids is 1. The molecule has 0 aliphatic rings. The van der Waals surface area contributed by atoms with Gasteiger partial charge >= 0.3 is 5.97 Å². The van der Waals surface area contributed by atoms with E-state index in [2.05, 4.69) is 0 Å². The van der Waals surface area contributed by atoms with Gasteiger partial charge in [-0.1, -0.05) is 60.1 Å². The summed E-state index contributed by atoms with van der Waals surface area (Å²) in [6.07, 6.45) is 0. The van der Waals surface area contributed by atoms with Gasteiger partial charge in [-0.15, -0.1) is 0 Å². The van der Waals surface area contributed by atoms with Gasteiger partial charge in [0.25, 0.3) is 0 Å². The molecule has 0 amide bonds. The fraction of sp³-hybridized carbons (Fsp3) is 0.174. The summed E-state index contributed by atoms with van der Waals surface area (Å²) in [7, 11) is 3.35. The second-order valence-electron chi connectivity index (χ2n) is 6.68. The Balaban J connectivity index is 2.05. The SMILES string of the molecule is Cc1c(F)c(N(C)C)c(Cl)c(OCc2ccccc2)c1C(=O)Oc1ccccc1. The minimum absolute atomic E-state index is 0.0223. The molecule has 29 heavy (non-hydrogen) atoms. The molecule has 0 unspecified atom stereocenters. The summed E-state index contributed by atoms with van der Waals surface area (Å²) in [4.78, 5) is 14.5. The molecule has 0 bridgehead atoms. The summed E-state index contributed by atoms with van der Waals surface area (Å²) in [6.45, 7) is 1.68. The highest BCUT2D eigenvalue weighted by molar-refractivity contribution is 6.35. The maximum absolute atomic E-state index is 15.0. The van der Waals surface area contributed by atoms with Crippen molar-refractivity contribution in [1.29, 1.82) is 0 Å². The van der Waals surface area contributed by atoms with Crippen LogP contribution >= 0.6 is 11.6 Å². The van der Waals surface area contributed by atoms with Crippen LogP contribution in [0.15, 0.2) is 60.7 Å². The third-order valence-electron chi connectivity index (χ3n) is 4.38. The van der Waals surface area contributed by atoms with Crippen molar-refractivity contribution < 1.29 is 18.7 Å². The van der Waals surface area contributed by atoms with Crippen molar-refractivity contribution in [3.05, 3.63) is 88.2 Å². The van der Waals surface area contributed by atoms with Gasteiger partial charge in [-0.25, -0.2) is 9.18 Å². The Morgan fingerprint density at radius 2 is 1.62 bits per heavy atom. The van der Waals surface area contributed by atoms with Crippen LogP contribution in [0.4, 0.5) is 10.1 Å². The number of esters is 1. The van der Waals surface area contributed by atoms with Crippen LogP contribution in [0.2, 0.25) is 5.02 Å². The second-order valence-corrected chi connectivity index (χ2v) is 7.05. The van der Waals surface area contributed by atoms with Crippen molar-refractivity contribution >= 4 is 23.3 Å². The van der Waals surface area contributed by atoms with Gasteiger partial charge in [-0.05, 0) is 24.6 Å². The van der Waals surface area contributed by atoms with E-state index in [4.69, 9.17) is 21.1 Å². The van der Waals surface area contributed by atoms with Crippen LogP contribution in [-0.2, 0) is 6.61 Å². The maximum atomic E-state index is 15.0. The quantitative estimate of drug-likeness (QED) is 0.386. The molecule has 0 saturated carbocycles. The molecule has 0 N–H and O–H groups in total. The van der Waals surface area contributed by atoms with E-state index in [0.29, 0.717) is 5.75 Å². The van der Waals surface area contributed by atoms with Gasteiger partial charge in [0.15, 0.2) is 11.6 Å². The van der Waals surface area contributed by atoms with E-state index in [9.17, 15) is 4.79 Å². The van der Waals surface area contributed by atoms with E-state index in [1.165, 1.54) is 6.92 Å². The van der Waals surface area contributed by atoms with Gasteiger partial charge < -0.3 is 14.4 Å². The van der Waals surface area contributed by atoms with Crippen molar-refractivity contribution in [2.45, 2.75) is 13.5 Å². The Morgan fingerprint density at radius 3 is 2.21 bits per heavy atom. The van der Waals surface area contributed by atoms with Crippen LogP contribution in [0.25, 0.3) is 0 Å². The number of para-hydroxylation sites is 1. The fourth-order valence-electron chi connectivity index (χ4n) is 2.92. The smallest absolute Gasteiger partial charge is 0.347 e. The minimum atomic E-state index is -0.733. The Bertz CT molecular complexity index is 1010. The first-order valence-electron chi connectivity index (χ1n) is 9.03. The largest absolute Gasteiger partial charge is 0.486 e. The summed E-state index contributed by atoms with van der Waals surface area (Å²) in [5.41, 5.74) is 1.13. The molecule has 6 heteroatoms. The molecule has 3 rings (SSSR count). The summed E-state index contributed by atoms with van der Waals surface area (Å²) in [6, 6.07) is 18.0. The van der Waals surface area contributed by atoms with E-state index < -0.39 is 11.8 Å². The van der Waals surface area contributed by atoms with Gasteiger partial charge in [-0.3, -0.25) is 0 Å². The van der Waals surface area contributed by atoms with Crippen molar-refractivity contribution in [2.75, 3.05) is 19.0 Å². The second kappa shape index (κ2) is 8.97. The van der Waals surface area contributed by atoms with Crippen molar-refractivity contribution in [3.63, 3.8) is 0 Å². The summed E-state index contributed by atoms with van der Waals surface area (Å²) in [5, 5.41) is 0.0223. The van der Waals surface area contributed by atoms with Gasteiger partial charge in [0.2, 0.25) is 0 Å². The molecule has 0 radical (unpaired) electrons. The van der Waals surface area contributed by atoms with Gasteiger partial charge in [0.1, 0.15) is 22.9 Å². The number of halogens is 2. The lowest BCUT2D eigenvalue weighted by Gasteiger charge is -2.22. The first-order valence-corrected chi connectivity index (χ1v) is 9.40. The number of anilines is 1. The molecule has 0 saturated heterocycles. The molecule has 0 spiro atoms. The summed E-state index contributed by atoms with van der Waals surface area (Å²) in [5.74, 6) is -0.881. The zero-order valence-corrected chi connectivity index (χ0v) is 17.2. The molecule has 0 aromatic heterocycles. The Hall–Kier alpha value is -3.05. The molecule has 0 fully saturated rings. The highest BCUT2D eigenvalue weighted by Gasteiger charge is 2.29. The molecule has 0 aliphatic heterocycles. The molecule has 150 valence electrons. The van der Waals surface area contributed by atoms with Crippen LogP contribution in [-0.4, -0.2) is 20.1 Å². The number of rotatable bonds is 6. The lowest BCUT2D eigenvalue weighted by molar-refractivity contribution is 0.0728. The fourth-order valence-corrected chi connectivity index (χ4v) is 3.32. The van der Waals surface area contributed by atoms with Crippen molar-refractivity contribution in [3.8, 4) is 11.5 Å². The lowest BCUT2D eigenvalue weighted by atomic mass is 10.0. The molecular formula is C23H21ClFNO3. The average Bonchev–Trinajstić information content (AvgIpc) is 2.71. The molecule has 0 aliphatic carbocycles. The average molecular weight is 414 g/mol. The molecular weight excluding hydrogens is 393 g/mol.